The molecule has 4 nitrogen and oxygen atoms in total. The van der Waals surface area contributed by atoms with Gasteiger partial charge in [0.25, 0.3) is 0 Å². The van der Waals surface area contributed by atoms with E-state index in [2.05, 4.69) is 14.9 Å². The lowest BCUT2D eigenvalue weighted by molar-refractivity contribution is -0.464. The summed E-state index contributed by atoms with van der Waals surface area (Å²) in [6.45, 7) is 3.70. The lowest BCUT2D eigenvalue weighted by Crippen LogP contribution is -3.00. The van der Waals surface area contributed by atoms with Crippen molar-refractivity contribution < 1.29 is 30.9 Å². The zero-order chi connectivity index (χ0) is 17.6. The van der Waals surface area contributed by atoms with E-state index in [4.69, 9.17) is 0 Å². The van der Waals surface area contributed by atoms with Gasteiger partial charge in [-0.25, -0.2) is 23.1 Å². The van der Waals surface area contributed by atoms with Crippen molar-refractivity contribution in [3.05, 3.63) is 46.7 Å². The Morgan fingerprint density at radius 2 is 1.65 bits per heavy atom. The first kappa shape index (κ1) is 18.7. The van der Waals surface area contributed by atoms with Crippen LogP contribution >= 0.6 is 0 Å². The molecule has 138 valence electrons. The number of rotatable bonds is 2. The Kier molecular flexibility index (Phi) is 5.20. The fraction of sp³-hybridized carbons (Fsp3) is 0.333. The maximum atomic E-state index is 13.6. The van der Waals surface area contributed by atoms with E-state index >= 15 is 0 Å². The van der Waals surface area contributed by atoms with Crippen molar-refractivity contribution >= 4 is 23.3 Å². The molecule has 2 aliphatic heterocycles. The molecule has 1 aromatic heterocycles. The first-order valence-corrected chi connectivity index (χ1v) is 8.38. The smallest absolute Gasteiger partial charge is 0.203 e. The first-order valence-electron chi connectivity index (χ1n) is 8.38. The highest BCUT2D eigenvalue weighted by Crippen LogP contribution is 2.32. The van der Waals surface area contributed by atoms with Gasteiger partial charge >= 0.3 is 0 Å². The van der Waals surface area contributed by atoms with Gasteiger partial charge in [0.1, 0.15) is 17.2 Å². The number of aromatic nitrogens is 2. The monoisotopic (exact) mass is 382 g/mol. The Balaban J connectivity index is 0.00000196. The van der Waals surface area contributed by atoms with E-state index < -0.39 is 17.5 Å². The third-order valence-electron chi connectivity index (χ3n) is 4.63. The number of aryl methyl sites for hydroxylation is 1. The molecule has 0 aliphatic carbocycles. The van der Waals surface area contributed by atoms with Crippen LogP contribution in [0.1, 0.15) is 36.3 Å². The number of nitrogens with two attached hydrogens (primary N) is 1. The van der Waals surface area contributed by atoms with Gasteiger partial charge in [0.2, 0.25) is 5.69 Å². The minimum Gasteiger partial charge on any atom is -1.00 e. The molecule has 2 aliphatic rings. The van der Waals surface area contributed by atoms with Gasteiger partial charge in [-0.05, 0) is 38.3 Å². The van der Waals surface area contributed by atoms with Crippen molar-refractivity contribution in [3.8, 4) is 0 Å². The Hall–Kier alpha value is -2.12. The van der Waals surface area contributed by atoms with Gasteiger partial charge in [0.15, 0.2) is 23.3 Å². The predicted molar refractivity (Wildman–Crippen MR) is 88.6 cm³/mol. The van der Waals surface area contributed by atoms with E-state index in [9.17, 15) is 13.2 Å². The fourth-order valence-electron chi connectivity index (χ4n) is 3.42. The topological polar surface area (TPSA) is 45.6 Å². The van der Waals surface area contributed by atoms with Crippen molar-refractivity contribution in [3.63, 3.8) is 0 Å². The summed E-state index contributed by atoms with van der Waals surface area (Å²) in [5.41, 5.74) is 2.48. The van der Waals surface area contributed by atoms with E-state index in [0.717, 1.165) is 55.3 Å². The quantitative estimate of drug-likeness (QED) is 0.738. The first-order chi connectivity index (χ1) is 12.0. The van der Waals surface area contributed by atoms with Crippen LogP contribution in [0.5, 0.6) is 0 Å². The third kappa shape index (κ3) is 3.29. The van der Waals surface area contributed by atoms with Crippen LogP contribution in [0.4, 0.5) is 24.7 Å². The average Bonchev–Trinajstić information content (AvgIpc) is 3.03. The molecule has 1 saturated heterocycles. The van der Waals surface area contributed by atoms with Gasteiger partial charge in [0, 0.05) is 24.7 Å². The lowest BCUT2D eigenvalue weighted by Gasteiger charge is -2.28. The van der Waals surface area contributed by atoms with Gasteiger partial charge in [0.05, 0.1) is 0 Å². The molecule has 2 N–H and O–H groups in total. The predicted octanol–water partition coefficient (Wildman–Crippen LogP) is -0.0968. The van der Waals surface area contributed by atoms with Gasteiger partial charge in [-0.15, -0.1) is 0 Å². The number of piperidine rings is 1. The Bertz CT molecular complexity index is 856. The molecule has 8 heteroatoms. The van der Waals surface area contributed by atoms with Crippen LogP contribution in [0.3, 0.4) is 0 Å². The molecule has 26 heavy (non-hydrogen) atoms. The minimum atomic E-state index is -1.45. The molecule has 0 atom stereocenters. The molecular formula is C18H18ClF3N4. The number of hydrogen-bond acceptors (Lipinski definition) is 3. The highest BCUT2D eigenvalue weighted by Gasteiger charge is 2.29. The fourth-order valence-corrected chi connectivity index (χ4v) is 3.42. The second-order valence-electron chi connectivity index (χ2n) is 6.44. The number of hydrogen-bond donors (Lipinski definition) is 1. The number of halogens is 4. The van der Waals surface area contributed by atoms with Crippen molar-refractivity contribution in [1.82, 2.24) is 9.97 Å². The van der Waals surface area contributed by atoms with Crippen molar-refractivity contribution in [2.24, 2.45) is 0 Å². The Labute approximate surface area is 155 Å². The van der Waals surface area contributed by atoms with Crippen LogP contribution in [0.2, 0.25) is 0 Å². The summed E-state index contributed by atoms with van der Waals surface area (Å²) in [6, 6.07) is 2.01. The van der Waals surface area contributed by atoms with Gasteiger partial charge in [-0.1, -0.05) is 0 Å². The third-order valence-corrected chi connectivity index (χ3v) is 4.63. The Morgan fingerprint density at radius 3 is 2.31 bits per heavy atom. The number of quaternary nitrogens is 1. The second-order valence-corrected chi connectivity index (χ2v) is 6.44. The van der Waals surface area contributed by atoms with E-state index in [1.807, 2.05) is 12.2 Å². The molecule has 0 amide bonds. The van der Waals surface area contributed by atoms with Crippen LogP contribution in [0, 0.1) is 24.4 Å². The molecule has 4 rings (SSSR count). The minimum absolute atomic E-state index is 0. The number of benzene rings is 1. The summed E-state index contributed by atoms with van der Waals surface area (Å²) in [5.74, 6) is -2.33. The summed E-state index contributed by atoms with van der Waals surface area (Å²) in [4.78, 5) is 11.3. The maximum absolute atomic E-state index is 13.6. The number of anilines is 1. The summed E-state index contributed by atoms with van der Waals surface area (Å²) >= 11 is 0. The highest BCUT2D eigenvalue weighted by atomic mass is 35.5. The van der Waals surface area contributed by atoms with E-state index in [1.54, 1.807) is 6.08 Å². The maximum Gasteiger partial charge on any atom is 0.203 e. The average molecular weight is 383 g/mol. The van der Waals surface area contributed by atoms with Crippen LogP contribution in [-0.2, 0) is 0 Å². The SMILES string of the molecule is Cc1nc2c(c(N3CCCCC3)n1)[NH2+]C(c1cc(F)c(F)c(F)c1)=C2.[Cl-]. The summed E-state index contributed by atoms with van der Waals surface area (Å²) in [7, 11) is 0. The molecule has 0 radical (unpaired) electrons. The summed E-state index contributed by atoms with van der Waals surface area (Å²) < 4.78 is 40.3. The highest BCUT2D eigenvalue weighted by molar-refractivity contribution is 5.86. The normalized spacial score (nSPS) is 16.2. The van der Waals surface area contributed by atoms with Crippen molar-refractivity contribution in [2.75, 3.05) is 18.0 Å². The van der Waals surface area contributed by atoms with Crippen LogP contribution in [-0.4, -0.2) is 23.1 Å². The molecular weight excluding hydrogens is 365 g/mol. The molecule has 1 fully saturated rings. The largest absolute Gasteiger partial charge is 1.00 e. The van der Waals surface area contributed by atoms with E-state index in [-0.39, 0.29) is 18.0 Å². The molecule has 0 spiro atoms. The van der Waals surface area contributed by atoms with Gasteiger partial charge in [-0.3, -0.25) is 5.32 Å². The molecule has 1 aromatic carbocycles. The van der Waals surface area contributed by atoms with Crippen LogP contribution < -0.4 is 22.6 Å². The standard InChI is InChI=1S/C18H17F3N4.ClH/c1-10-22-15-9-14(11-7-12(19)16(21)13(20)8-11)24-17(15)18(23-10)25-5-3-2-4-6-25;/h7-9,24H,2-6H2,1H3;1H. The van der Waals surface area contributed by atoms with E-state index in [0.29, 0.717) is 11.5 Å². The Morgan fingerprint density at radius 1 is 1.00 bits per heavy atom. The molecule has 2 aromatic rings. The van der Waals surface area contributed by atoms with Gasteiger partial charge < -0.3 is 17.3 Å². The molecule has 0 bridgehead atoms. The van der Waals surface area contributed by atoms with Crippen molar-refractivity contribution in [2.45, 2.75) is 26.2 Å². The van der Waals surface area contributed by atoms with Crippen LogP contribution in [0.15, 0.2) is 12.1 Å². The number of fused-ring (bicyclic) bond motifs is 1. The zero-order valence-corrected chi connectivity index (χ0v) is 15.0. The molecule has 0 unspecified atom stereocenters. The summed E-state index contributed by atoms with van der Waals surface area (Å²) in [6.07, 6.45) is 5.21. The second kappa shape index (κ2) is 7.25. The van der Waals surface area contributed by atoms with Crippen molar-refractivity contribution in [1.29, 1.82) is 0 Å². The van der Waals surface area contributed by atoms with Crippen LogP contribution in [0.25, 0.3) is 11.8 Å². The molecule has 3 heterocycles. The lowest BCUT2D eigenvalue weighted by atomic mass is 10.1. The zero-order valence-electron chi connectivity index (χ0n) is 14.2. The van der Waals surface area contributed by atoms with E-state index in [1.165, 1.54) is 6.42 Å². The molecule has 0 saturated carbocycles. The summed E-state index contributed by atoms with van der Waals surface area (Å²) in [5, 5.41) is 1.82. The van der Waals surface area contributed by atoms with Gasteiger partial charge in [-0.2, -0.15) is 0 Å². The number of nitrogens with zero attached hydrogens (tertiary/aromatic N) is 3.